The SMILES string of the molecule is [2H][13C]([2H])(O)[13C@@H](NC(=O)CCCCCCCCCCCCCCCCC)[C@@H](O)/C=C/CCCCCCCCCCCCC. The Morgan fingerprint density at radius 2 is 0.975 bits per heavy atom. The van der Waals surface area contributed by atoms with Gasteiger partial charge in [0, 0.05) is 6.42 Å². The smallest absolute Gasteiger partial charge is 0.220 e. The minimum Gasteiger partial charge on any atom is -0.394 e. The van der Waals surface area contributed by atoms with E-state index in [1.165, 1.54) is 141 Å². The Morgan fingerprint density at radius 3 is 1.35 bits per heavy atom. The van der Waals surface area contributed by atoms with Gasteiger partial charge in [0.15, 0.2) is 0 Å². The van der Waals surface area contributed by atoms with Crippen LogP contribution in [0.1, 0.15) is 196 Å². The predicted octanol–water partition coefficient (Wildman–Crippen LogP) is 10.3. The molecule has 0 spiro atoms. The second kappa shape index (κ2) is 32.6. The van der Waals surface area contributed by atoms with Gasteiger partial charge in [0.25, 0.3) is 0 Å². The maximum atomic E-state index is 12.4. The Bertz CT molecular complexity index is 609. The summed E-state index contributed by atoms with van der Waals surface area (Å²) >= 11 is 0. The molecule has 0 rings (SSSR count). The summed E-state index contributed by atoms with van der Waals surface area (Å²) in [7, 11) is 0. The molecule has 0 saturated heterocycles. The fourth-order valence-electron chi connectivity index (χ4n) is 5.37. The van der Waals surface area contributed by atoms with E-state index in [0.29, 0.717) is 6.42 Å². The summed E-state index contributed by atoms with van der Waals surface area (Å²) in [6, 6.07) is -1.37. The second-order valence-corrected chi connectivity index (χ2v) is 12.1. The lowest BCUT2D eigenvalue weighted by Crippen LogP contribution is -2.45. The lowest BCUT2D eigenvalue weighted by atomic mass is 10.0. The van der Waals surface area contributed by atoms with Crippen LogP contribution in [0.2, 0.25) is 0 Å². The van der Waals surface area contributed by atoms with Gasteiger partial charge in [0.1, 0.15) is 0 Å². The van der Waals surface area contributed by atoms with Crippen LogP contribution in [0.25, 0.3) is 0 Å². The number of hydrogen-bond acceptors (Lipinski definition) is 3. The maximum absolute atomic E-state index is 12.4. The molecule has 3 N–H and O–H groups in total. The summed E-state index contributed by atoms with van der Waals surface area (Å²) in [5.41, 5.74) is 0. The molecule has 4 nitrogen and oxygen atoms in total. The Labute approximate surface area is 253 Å². The first kappa shape index (κ1) is 35.3. The molecular formula is C36H71NO3. The number of aliphatic hydroxyl groups excluding tert-OH is 1. The number of carbonyl (C=O) groups excluding carboxylic acids is 1. The van der Waals surface area contributed by atoms with Crippen LogP contribution in [0, 0.1) is 0 Å². The highest BCUT2D eigenvalue weighted by Crippen LogP contribution is 2.14. The molecule has 0 radical (unpaired) electrons. The van der Waals surface area contributed by atoms with E-state index < -0.39 is 18.7 Å². The zero-order chi connectivity index (χ0) is 31.2. The van der Waals surface area contributed by atoms with Gasteiger partial charge >= 0.3 is 0 Å². The van der Waals surface area contributed by atoms with Gasteiger partial charge in [-0.3, -0.25) is 4.79 Å². The average Bonchev–Trinajstić information content (AvgIpc) is 2.95. The van der Waals surface area contributed by atoms with E-state index in [0.717, 1.165) is 38.5 Å². The van der Waals surface area contributed by atoms with Crippen molar-refractivity contribution in [1.29, 1.82) is 0 Å². The number of amides is 1. The molecule has 0 aliphatic heterocycles. The van der Waals surface area contributed by atoms with Gasteiger partial charge in [-0.1, -0.05) is 180 Å². The van der Waals surface area contributed by atoms with E-state index in [4.69, 9.17) is 2.74 Å². The van der Waals surface area contributed by atoms with E-state index in [9.17, 15) is 15.0 Å². The van der Waals surface area contributed by atoms with Crippen LogP contribution >= 0.6 is 0 Å². The monoisotopic (exact) mass is 570 g/mol. The summed E-state index contributed by atoms with van der Waals surface area (Å²) < 4.78 is 15.4. The molecule has 0 heterocycles. The van der Waals surface area contributed by atoms with Crippen LogP contribution in [0.4, 0.5) is 0 Å². The number of nitrogens with one attached hydrogen (secondary N) is 1. The van der Waals surface area contributed by atoms with Crippen molar-refractivity contribution in [3.63, 3.8) is 0 Å². The molecule has 0 aromatic heterocycles. The number of rotatable bonds is 32. The Hall–Kier alpha value is -0.870. The van der Waals surface area contributed by atoms with Crippen molar-refractivity contribution in [3.8, 4) is 0 Å². The fourth-order valence-corrected chi connectivity index (χ4v) is 5.37. The van der Waals surface area contributed by atoms with Gasteiger partial charge in [-0.15, -0.1) is 0 Å². The van der Waals surface area contributed by atoms with Crippen LogP contribution in [-0.4, -0.2) is 34.8 Å². The second-order valence-electron chi connectivity index (χ2n) is 12.1. The molecule has 0 aliphatic rings. The third kappa shape index (κ3) is 28.7. The van der Waals surface area contributed by atoms with E-state index in [2.05, 4.69) is 19.2 Å². The average molecular weight is 570 g/mol. The molecule has 0 aromatic carbocycles. The minimum atomic E-state index is -2.69. The normalized spacial score (nSPS) is 14.3. The molecule has 2 atom stereocenters. The van der Waals surface area contributed by atoms with Crippen LogP contribution in [0.3, 0.4) is 0 Å². The van der Waals surface area contributed by atoms with Crippen LogP contribution in [-0.2, 0) is 4.79 Å². The van der Waals surface area contributed by atoms with Gasteiger partial charge in [-0.25, -0.2) is 0 Å². The highest BCUT2D eigenvalue weighted by atomic mass is 16.4. The summed E-state index contributed by atoms with van der Waals surface area (Å²) in [6.45, 7) is 1.82. The highest BCUT2D eigenvalue weighted by molar-refractivity contribution is 5.76. The van der Waals surface area contributed by atoms with Crippen molar-refractivity contribution < 1.29 is 17.7 Å². The quantitative estimate of drug-likeness (QED) is 0.0429. The summed E-state index contributed by atoms with van der Waals surface area (Å²) in [6.07, 6.45) is 36.2. The molecule has 0 aliphatic carbocycles. The first-order chi connectivity index (χ1) is 20.3. The summed E-state index contributed by atoms with van der Waals surface area (Å²) in [5.74, 6) is -0.314. The molecule has 0 aromatic rings. The first-order valence-electron chi connectivity index (χ1n) is 18.7. The van der Waals surface area contributed by atoms with Crippen molar-refractivity contribution in [1.82, 2.24) is 5.32 Å². The maximum Gasteiger partial charge on any atom is 0.220 e. The van der Waals surface area contributed by atoms with Crippen molar-refractivity contribution in [2.75, 3.05) is 6.56 Å². The highest BCUT2D eigenvalue weighted by Gasteiger charge is 2.17. The number of hydrogen-bond donors (Lipinski definition) is 3. The third-order valence-corrected chi connectivity index (χ3v) is 8.11. The van der Waals surface area contributed by atoms with Gasteiger partial charge in [-0.2, -0.15) is 0 Å². The zero-order valence-corrected chi connectivity index (χ0v) is 26.9. The topological polar surface area (TPSA) is 69.6 Å². The molecule has 0 saturated carbocycles. The Kier molecular flexibility index (Phi) is 28.8. The van der Waals surface area contributed by atoms with Crippen molar-refractivity contribution in [2.24, 2.45) is 0 Å². The minimum absolute atomic E-state index is 0.292. The molecule has 0 unspecified atom stereocenters. The van der Waals surface area contributed by atoms with E-state index >= 15 is 0 Å². The van der Waals surface area contributed by atoms with Crippen molar-refractivity contribution >= 4 is 5.91 Å². The standard InChI is InChI=1S/C36H71NO3/c1-3-5-7-9-11-13-15-17-18-20-22-24-26-28-30-32-36(40)37-34(33-38)35(39)31-29-27-25-23-21-19-16-14-12-10-8-6-4-2/h29,31,34-35,38-39H,3-28,30,32-33H2,1-2H3,(H,37,40)/b31-29+/t34-,35+/m1/s1/i33+1D2,34+1. The van der Waals surface area contributed by atoms with E-state index in [1.54, 1.807) is 0 Å². The molecule has 0 bridgehead atoms. The van der Waals surface area contributed by atoms with Crippen molar-refractivity contribution in [2.45, 2.75) is 206 Å². The number of carbonyl (C=O) groups is 1. The largest absolute Gasteiger partial charge is 0.394 e. The van der Waals surface area contributed by atoms with Gasteiger partial charge in [-0.05, 0) is 19.3 Å². The lowest BCUT2D eigenvalue weighted by molar-refractivity contribution is -0.123. The Balaban J connectivity index is 3.86. The molecule has 40 heavy (non-hydrogen) atoms. The first-order valence-corrected chi connectivity index (χ1v) is 17.7. The van der Waals surface area contributed by atoms with Crippen molar-refractivity contribution in [3.05, 3.63) is 12.2 Å². The molecule has 1 amide bonds. The van der Waals surface area contributed by atoms with Crippen LogP contribution in [0.5, 0.6) is 0 Å². The summed E-state index contributed by atoms with van der Waals surface area (Å²) in [4.78, 5) is 12.4. The predicted molar refractivity (Wildman–Crippen MR) is 175 cm³/mol. The molecule has 238 valence electrons. The van der Waals surface area contributed by atoms with Gasteiger partial charge in [0.05, 0.1) is 21.4 Å². The molecular weight excluding hydrogens is 496 g/mol. The van der Waals surface area contributed by atoms with Crippen LogP contribution in [0.15, 0.2) is 12.2 Å². The number of allylic oxidation sites excluding steroid dienone is 1. The van der Waals surface area contributed by atoms with E-state index in [1.807, 2.05) is 6.08 Å². The fraction of sp³-hybridized carbons (Fsp3) is 0.917. The van der Waals surface area contributed by atoms with E-state index in [-0.39, 0.29) is 5.91 Å². The summed E-state index contributed by atoms with van der Waals surface area (Å²) in [5, 5.41) is 22.9. The zero-order valence-electron chi connectivity index (χ0n) is 28.9. The van der Waals surface area contributed by atoms with Gasteiger partial charge in [0.2, 0.25) is 5.91 Å². The number of aliphatic hydroxyl groups is 2. The molecule has 0 fully saturated rings. The Morgan fingerprint density at radius 1 is 0.625 bits per heavy atom. The molecule has 4 heteroatoms. The van der Waals surface area contributed by atoms with Gasteiger partial charge < -0.3 is 15.5 Å². The third-order valence-electron chi connectivity index (χ3n) is 8.11. The van der Waals surface area contributed by atoms with Crippen LogP contribution < -0.4 is 5.32 Å². The number of unbranched alkanes of at least 4 members (excludes halogenated alkanes) is 25. The lowest BCUT2D eigenvalue weighted by Gasteiger charge is -2.20.